The quantitative estimate of drug-likeness (QED) is 0.893. The van der Waals surface area contributed by atoms with Gasteiger partial charge in [0.25, 0.3) is 0 Å². The molecule has 0 aliphatic heterocycles. The van der Waals surface area contributed by atoms with Gasteiger partial charge in [-0.15, -0.1) is 0 Å². The topological polar surface area (TPSA) is 51.8 Å². The van der Waals surface area contributed by atoms with Crippen LogP contribution in [0.5, 0.6) is 0 Å². The van der Waals surface area contributed by atoms with E-state index in [0.717, 1.165) is 23.0 Å². The molecule has 110 valence electrons. The second-order valence-electron chi connectivity index (χ2n) is 7.00. The predicted octanol–water partition coefficient (Wildman–Crippen LogP) is 4.29. The molecule has 1 aromatic heterocycles. The molecule has 0 amide bonds. The Hall–Kier alpha value is -1.90. The summed E-state index contributed by atoms with van der Waals surface area (Å²) >= 11 is 0. The maximum Gasteiger partial charge on any atom is 0.136 e. The summed E-state index contributed by atoms with van der Waals surface area (Å²) in [5, 5.41) is 0. The molecule has 2 N–H and O–H groups in total. The van der Waals surface area contributed by atoms with Gasteiger partial charge in [-0.05, 0) is 24.3 Å². The molecule has 0 spiro atoms. The van der Waals surface area contributed by atoms with E-state index < -0.39 is 0 Å². The Labute approximate surface area is 126 Å². The summed E-state index contributed by atoms with van der Waals surface area (Å²) in [6.07, 6.45) is 4.02. The number of rotatable bonds is 2. The highest BCUT2D eigenvalue weighted by atomic mass is 15.0. The fraction of sp³-hybridized carbons (Fsp3) is 0.444. The minimum absolute atomic E-state index is 0.101. The Bertz CT molecular complexity index is 635. The highest BCUT2D eigenvalue weighted by Crippen LogP contribution is 2.37. The van der Waals surface area contributed by atoms with E-state index in [1.54, 1.807) is 0 Å². The van der Waals surface area contributed by atoms with E-state index in [2.05, 4.69) is 50.0 Å². The summed E-state index contributed by atoms with van der Waals surface area (Å²) in [6.45, 7) is 6.31. The summed E-state index contributed by atoms with van der Waals surface area (Å²) in [7, 11) is 0. The number of hydrogen-bond acceptors (Lipinski definition) is 3. The molecular weight excluding hydrogens is 258 g/mol. The van der Waals surface area contributed by atoms with Crippen molar-refractivity contribution in [1.82, 2.24) is 9.97 Å². The molecule has 1 aromatic carbocycles. The zero-order chi connectivity index (χ0) is 15.0. The van der Waals surface area contributed by atoms with Gasteiger partial charge in [0.15, 0.2) is 0 Å². The Balaban J connectivity index is 1.94. The molecule has 0 unspecified atom stereocenters. The van der Waals surface area contributed by atoms with Gasteiger partial charge in [0, 0.05) is 17.0 Å². The molecule has 1 saturated carbocycles. The van der Waals surface area contributed by atoms with Crippen molar-refractivity contribution < 1.29 is 0 Å². The first-order valence-corrected chi connectivity index (χ1v) is 7.69. The van der Waals surface area contributed by atoms with Crippen LogP contribution in [0.3, 0.4) is 0 Å². The van der Waals surface area contributed by atoms with E-state index in [-0.39, 0.29) is 5.41 Å². The van der Waals surface area contributed by atoms with Crippen molar-refractivity contribution in [3.63, 3.8) is 0 Å². The summed E-state index contributed by atoms with van der Waals surface area (Å²) < 4.78 is 0. The van der Waals surface area contributed by atoms with Crippen molar-refractivity contribution in [3.8, 4) is 11.3 Å². The first kappa shape index (κ1) is 14.1. The van der Waals surface area contributed by atoms with Crippen LogP contribution in [0.25, 0.3) is 11.3 Å². The number of anilines is 1. The first-order valence-electron chi connectivity index (χ1n) is 7.69. The zero-order valence-corrected chi connectivity index (χ0v) is 13.1. The number of hydrogen-bond donors (Lipinski definition) is 1. The number of aromatic nitrogens is 2. The fourth-order valence-electron chi connectivity index (χ4n) is 2.62. The number of nitrogens with two attached hydrogens (primary N) is 1. The van der Waals surface area contributed by atoms with Crippen LogP contribution in [0.2, 0.25) is 0 Å². The highest BCUT2D eigenvalue weighted by molar-refractivity contribution is 5.62. The third-order valence-electron chi connectivity index (χ3n) is 4.20. The molecule has 1 heterocycles. The monoisotopic (exact) mass is 281 g/mol. The molecule has 21 heavy (non-hydrogen) atoms. The van der Waals surface area contributed by atoms with Crippen LogP contribution < -0.4 is 5.73 Å². The van der Waals surface area contributed by atoms with Gasteiger partial charge in [0.2, 0.25) is 0 Å². The molecule has 0 radical (unpaired) electrons. The maximum absolute atomic E-state index is 5.95. The van der Waals surface area contributed by atoms with Crippen LogP contribution in [0, 0.1) is 0 Å². The van der Waals surface area contributed by atoms with E-state index in [0.29, 0.717) is 5.82 Å². The summed E-state index contributed by atoms with van der Waals surface area (Å²) in [4.78, 5) is 9.06. The number of nitrogens with zero attached hydrogens (tertiary/aromatic N) is 2. The van der Waals surface area contributed by atoms with Crippen molar-refractivity contribution in [2.75, 3.05) is 5.73 Å². The highest BCUT2D eigenvalue weighted by Gasteiger charge is 2.20. The zero-order valence-electron chi connectivity index (χ0n) is 13.1. The van der Waals surface area contributed by atoms with Crippen molar-refractivity contribution in [2.45, 2.75) is 51.4 Å². The molecule has 1 aliphatic rings. The third-order valence-corrected chi connectivity index (χ3v) is 4.20. The Kier molecular flexibility index (Phi) is 3.44. The second-order valence-corrected chi connectivity index (χ2v) is 7.00. The lowest BCUT2D eigenvalue weighted by Crippen LogP contribution is -2.17. The van der Waals surface area contributed by atoms with Crippen molar-refractivity contribution in [3.05, 3.63) is 41.7 Å². The molecule has 3 rings (SSSR count). The van der Waals surface area contributed by atoms with E-state index in [9.17, 15) is 0 Å². The Morgan fingerprint density at radius 3 is 2.24 bits per heavy atom. The van der Waals surface area contributed by atoms with Gasteiger partial charge in [0.05, 0.1) is 5.69 Å². The molecule has 0 saturated heterocycles. The smallest absolute Gasteiger partial charge is 0.136 e. The average molecular weight is 281 g/mol. The lowest BCUT2D eigenvalue weighted by atomic mass is 9.80. The lowest BCUT2D eigenvalue weighted by Gasteiger charge is -2.25. The van der Waals surface area contributed by atoms with Gasteiger partial charge in [-0.3, -0.25) is 0 Å². The summed E-state index contributed by atoms with van der Waals surface area (Å²) in [5.74, 6) is 2.09. The molecular formula is C18H23N3. The van der Waals surface area contributed by atoms with Crippen molar-refractivity contribution >= 4 is 5.82 Å². The molecule has 1 aliphatic carbocycles. The van der Waals surface area contributed by atoms with Gasteiger partial charge in [-0.25, -0.2) is 9.97 Å². The summed E-state index contributed by atoms with van der Waals surface area (Å²) in [6, 6.07) is 10.6. The van der Waals surface area contributed by atoms with Gasteiger partial charge in [-0.1, -0.05) is 51.5 Å². The van der Waals surface area contributed by atoms with E-state index >= 15 is 0 Å². The van der Waals surface area contributed by atoms with Crippen LogP contribution in [-0.2, 0) is 5.41 Å². The van der Waals surface area contributed by atoms with E-state index in [4.69, 9.17) is 10.7 Å². The number of benzene rings is 1. The normalized spacial score (nSPS) is 15.8. The van der Waals surface area contributed by atoms with Gasteiger partial charge in [0.1, 0.15) is 11.6 Å². The minimum atomic E-state index is -0.101. The van der Waals surface area contributed by atoms with Crippen LogP contribution in [0.1, 0.15) is 57.3 Å². The minimum Gasteiger partial charge on any atom is -0.384 e. The standard InChI is InChI=1S/C18H23N3/c1-18(2,3)17-20-15(11-16(19)21-17)14-9-7-13(8-10-14)12-5-4-6-12/h7-12H,4-6H2,1-3H3,(H2,19,20,21). The van der Waals surface area contributed by atoms with E-state index in [1.807, 2.05) is 6.07 Å². The Morgan fingerprint density at radius 1 is 1.05 bits per heavy atom. The first-order chi connectivity index (χ1) is 9.93. The molecule has 1 fully saturated rings. The van der Waals surface area contributed by atoms with Gasteiger partial charge >= 0.3 is 0 Å². The van der Waals surface area contributed by atoms with E-state index in [1.165, 1.54) is 24.8 Å². The van der Waals surface area contributed by atoms with Crippen LogP contribution >= 0.6 is 0 Å². The molecule has 2 aromatic rings. The molecule has 0 atom stereocenters. The SMILES string of the molecule is CC(C)(C)c1nc(N)cc(-c2ccc(C3CCC3)cc2)n1. The van der Waals surface area contributed by atoms with Crippen molar-refractivity contribution in [2.24, 2.45) is 0 Å². The van der Waals surface area contributed by atoms with Crippen LogP contribution in [0.4, 0.5) is 5.82 Å². The predicted molar refractivity (Wildman–Crippen MR) is 87.2 cm³/mol. The Morgan fingerprint density at radius 2 is 1.71 bits per heavy atom. The number of nitrogen functional groups attached to an aromatic ring is 1. The van der Waals surface area contributed by atoms with Crippen molar-refractivity contribution in [1.29, 1.82) is 0 Å². The van der Waals surface area contributed by atoms with Crippen LogP contribution in [-0.4, -0.2) is 9.97 Å². The fourth-order valence-corrected chi connectivity index (χ4v) is 2.62. The maximum atomic E-state index is 5.95. The van der Waals surface area contributed by atoms with Crippen LogP contribution in [0.15, 0.2) is 30.3 Å². The van der Waals surface area contributed by atoms with Gasteiger partial charge < -0.3 is 5.73 Å². The average Bonchev–Trinajstić information content (AvgIpc) is 2.36. The second kappa shape index (κ2) is 5.14. The van der Waals surface area contributed by atoms with Gasteiger partial charge in [-0.2, -0.15) is 0 Å². The lowest BCUT2D eigenvalue weighted by molar-refractivity contribution is 0.420. The summed E-state index contributed by atoms with van der Waals surface area (Å²) in [5.41, 5.74) is 9.32. The largest absolute Gasteiger partial charge is 0.384 e. The molecule has 0 bridgehead atoms. The third kappa shape index (κ3) is 2.92. The molecule has 3 nitrogen and oxygen atoms in total. The molecule has 3 heteroatoms.